The van der Waals surface area contributed by atoms with Crippen LogP contribution in [-0.2, 0) is 0 Å². The molecule has 0 saturated carbocycles. The first-order valence-corrected chi connectivity index (χ1v) is 4.44. The molecule has 0 aliphatic rings. The summed E-state index contributed by atoms with van der Waals surface area (Å²) in [6, 6.07) is 1.37. The van der Waals surface area contributed by atoms with Crippen molar-refractivity contribution in [2.75, 3.05) is 5.88 Å². The largest absolute Gasteiger partial charge is 0.227 e. The third kappa shape index (κ3) is 3.04. The van der Waals surface area contributed by atoms with Gasteiger partial charge in [0.15, 0.2) is 0 Å². The second-order valence-electron chi connectivity index (χ2n) is 2.56. The first kappa shape index (κ1) is 10.0. The number of pyridine rings is 1. The maximum Gasteiger partial charge on any atom is 0.213 e. The Morgan fingerprint density at radius 3 is 3.00 bits per heavy atom. The van der Waals surface area contributed by atoms with Crippen molar-refractivity contribution in [1.82, 2.24) is 4.98 Å². The van der Waals surface area contributed by atoms with Crippen LogP contribution in [0, 0.1) is 24.7 Å². The third-order valence-corrected chi connectivity index (χ3v) is 1.71. The molecule has 0 atom stereocenters. The molecular weight excluding hydrogens is 189 g/mol. The predicted molar refractivity (Wildman–Crippen MR) is 51.1 cm³/mol. The van der Waals surface area contributed by atoms with Gasteiger partial charge in [-0.3, -0.25) is 0 Å². The molecule has 0 radical (unpaired) electrons. The normalized spacial score (nSPS) is 9.15. The molecule has 0 unspecified atom stereocenters. The Kier molecular flexibility index (Phi) is 3.72. The Morgan fingerprint density at radius 2 is 2.38 bits per heavy atom. The van der Waals surface area contributed by atoms with E-state index in [4.69, 9.17) is 11.6 Å². The third-order valence-electron chi connectivity index (χ3n) is 1.52. The van der Waals surface area contributed by atoms with Crippen LogP contribution in [0.4, 0.5) is 4.39 Å². The Labute approximate surface area is 81.9 Å². The fourth-order valence-electron chi connectivity index (χ4n) is 0.858. The first-order valence-electron chi connectivity index (χ1n) is 3.91. The molecule has 3 heteroatoms. The summed E-state index contributed by atoms with van der Waals surface area (Å²) in [4.78, 5) is 3.52. The molecule has 0 amide bonds. The molecule has 0 bridgehead atoms. The van der Waals surface area contributed by atoms with E-state index in [1.807, 2.05) is 0 Å². The van der Waals surface area contributed by atoms with Crippen LogP contribution in [0.25, 0.3) is 0 Å². The number of hydrogen-bond acceptors (Lipinski definition) is 1. The minimum absolute atomic E-state index is 0.472. The predicted octanol–water partition coefficient (Wildman–Crippen LogP) is 2.51. The number of nitrogens with zero attached hydrogens (tertiary/aromatic N) is 1. The van der Waals surface area contributed by atoms with E-state index < -0.39 is 5.95 Å². The summed E-state index contributed by atoms with van der Waals surface area (Å²) < 4.78 is 12.6. The van der Waals surface area contributed by atoms with E-state index in [9.17, 15) is 4.39 Å². The molecule has 0 aliphatic heterocycles. The van der Waals surface area contributed by atoms with Gasteiger partial charge in [-0.05, 0) is 18.6 Å². The molecule has 1 aromatic heterocycles. The van der Waals surface area contributed by atoms with Crippen molar-refractivity contribution in [1.29, 1.82) is 0 Å². The highest BCUT2D eigenvalue weighted by Gasteiger charge is 1.96. The van der Waals surface area contributed by atoms with Gasteiger partial charge < -0.3 is 0 Å². The van der Waals surface area contributed by atoms with Gasteiger partial charge in [-0.15, -0.1) is 11.6 Å². The zero-order valence-electron chi connectivity index (χ0n) is 7.27. The van der Waals surface area contributed by atoms with Crippen LogP contribution in [0.15, 0.2) is 12.3 Å². The summed E-state index contributed by atoms with van der Waals surface area (Å²) in [5.41, 5.74) is 1.56. The average Bonchev–Trinajstić information content (AvgIpc) is 2.09. The number of hydrogen-bond donors (Lipinski definition) is 0. The van der Waals surface area contributed by atoms with Crippen molar-refractivity contribution in [3.05, 3.63) is 29.3 Å². The van der Waals surface area contributed by atoms with Crippen LogP contribution in [0.2, 0.25) is 0 Å². The van der Waals surface area contributed by atoms with Crippen molar-refractivity contribution in [3.8, 4) is 11.8 Å². The molecule has 1 nitrogen and oxygen atoms in total. The molecule has 1 heterocycles. The summed E-state index contributed by atoms with van der Waals surface area (Å²) in [6.07, 6.45) is 2.07. The molecular formula is C10H9ClFN. The second kappa shape index (κ2) is 4.84. The van der Waals surface area contributed by atoms with Gasteiger partial charge in [0.25, 0.3) is 0 Å². The molecule has 13 heavy (non-hydrogen) atoms. The van der Waals surface area contributed by atoms with Crippen LogP contribution < -0.4 is 0 Å². The van der Waals surface area contributed by atoms with Crippen LogP contribution in [-0.4, -0.2) is 10.9 Å². The Hall–Kier alpha value is -1.07. The maximum absolute atomic E-state index is 12.6. The molecule has 1 aromatic rings. The van der Waals surface area contributed by atoms with Gasteiger partial charge in [-0.25, -0.2) is 4.98 Å². The number of aromatic nitrogens is 1. The van der Waals surface area contributed by atoms with Gasteiger partial charge in [-0.1, -0.05) is 11.8 Å². The number of halogens is 2. The summed E-state index contributed by atoms with van der Waals surface area (Å²) in [5, 5.41) is 0. The summed E-state index contributed by atoms with van der Waals surface area (Å²) in [5.74, 6) is 5.79. The standard InChI is InChI=1S/C10H9ClFN/c1-8-6-10(12)13-7-9(8)4-2-3-5-11/h6-7H,3,5H2,1H3. The fourth-order valence-corrected chi connectivity index (χ4v) is 0.952. The lowest BCUT2D eigenvalue weighted by Crippen LogP contribution is -1.88. The van der Waals surface area contributed by atoms with Crippen molar-refractivity contribution in [2.24, 2.45) is 0 Å². The van der Waals surface area contributed by atoms with Crippen LogP contribution in [0.5, 0.6) is 0 Å². The van der Waals surface area contributed by atoms with E-state index >= 15 is 0 Å². The molecule has 0 aliphatic carbocycles. The minimum Gasteiger partial charge on any atom is -0.227 e. The molecule has 0 spiro atoms. The van der Waals surface area contributed by atoms with Crippen molar-refractivity contribution in [2.45, 2.75) is 13.3 Å². The molecule has 0 fully saturated rings. The topological polar surface area (TPSA) is 12.9 Å². The van der Waals surface area contributed by atoms with Crippen LogP contribution in [0.3, 0.4) is 0 Å². The molecule has 1 rings (SSSR count). The Bertz CT molecular complexity index is 352. The zero-order valence-corrected chi connectivity index (χ0v) is 8.03. The quantitative estimate of drug-likeness (QED) is 0.383. The smallest absolute Gasteiger partial charge is 0.213 e. The fraction of sp³-hybridized carbons (Fsp3) is 0.300. The van der Waals surface area contributed by atoms with Gasteiger partial charge >= 0.3 is 0 Å². The van der Waals surface area contributed by atoms with Gasteiger partial charge in [-0.2, -0.15) is 4.39 Å². The molecule has 0 N–H and O–H groups in total. The van der Waals surface area contributed by atoms with Gasteiger partial charge in [0.2, 0.25) is 5.95 Å². The van der Waals surface area contributed by atoms with Gasteiger partial charge in [0, 0.05) is 24.1 Å². The van der Waals surface area contributed by atoms with E-state index in [0.29, 0.717) is 12.3 Å². The van der Waals surface area contributed by atoms with E-state index in [1.165, 1.54) is 12.3 Å². The Balaban J connectivity index is 2.85. The number of aryl methyl sites for hydroxylation is 1. The zero-order chi connectivity index (χ0) is 9.68. The monoisotopic (exact) mass is 197 g/mol. The molecule has 0 saturated heterocycles. The molecule has 68 valence electrons. The van der Waals surface area contributed by atoms with Crippen LogP contribution in [0.1, 0.15) is 17.5 Å². The summed E-state index contributed by atoms with van der Waals surface area (Å²) in [6.45, 7) is 1.80. The van der Waals surface area contributed by atoms with E-state index in [1.54, 1.807) is 6.92 Å². The van der Waals surface area contributed by atoms with Gasteiger partial charge in [0.05, 0.1) is 0 Å². The summed E-state index contributed by atoms with van der Waals surface area (Å²) >= 11 is 5.45. The van der Waals surface area contributed by atoms with E-state index in [-0.39, 0.29) is 0 Å². The lowest BCUT2D eigenvalue weighted by molar-refractivity contribution is 0.582. The van der Waals surface area contributed by atoms with Crippen molar-refractivity contribution < 1.29 is 4.39 Å². The number of alkyl halides is 1. The van der Waals surface area contributed by atoms with Crippen molar-refractivity contribution >= 4 is 11.6 Å². The maximum atomic E-state index is 12.6. The second-order valence-corrected chi connectivity index (χ2v) is 2.94. The minimum atomic E-state index is -0.472. The highest BCUT2D eigenvalue weighted by Crippen LogP contribution is 2.05. The van der Waals surface area contributed by atoms with Gasteiger partial charge in [0.1, 0.15) is 0 Å². The van der Waals surface area contributed by atoms with Crippen LogP contribution >= 0.6 is 11.6 Å². The SMILES string of the molecule is Cc1cc(F)ncc1C#CCCCl. The lowest BCUT2D eigenvalue weighted by Gasteiger charge is -1.95. The lowest BCUT2D eigenvalue weighted by atomic mass is 10.1. The average molecular weight is 198 g/mol. The summed E-state index contributed by atoms with van der Waals surface area (Å²) in [7, 11) is 0. The first-order chi connectivity index (χ1) is 6.24. The Morgan fingerprint density at radius 1 is 1.62 bits per heavy atom. The molecule has 0 aromatic carbocycles. The highest BCUT2D eigenvalue weighted by atomic mass is 35.5. The van der Waals surface area contributed by atoms with E-state index in [0.717, 1.165) is 11.1 Å². The highest BCUT2D eigenvalue weighted by molar-refractivity contribution is 6.18. The van der Waals surface area contributed by atoms with E-state index in [2.05, 4.69) is 16.8 Å². The van der Waals surface area contributed by atoms with Crippen molar-refractivity contribution in [3.63, 3.8) is 0 Å². The number of rotatable bonds is 1.